The molecule has 0 bridgehead atoms. The Balaban J connectivity index is 2.18. The van der Waals surface area contributed by atoms with E-state index in [1.54, 1.807) is 0 Å². The molecule has 3 rings (SSSR count). The van der Waals surface area contributed by atoms with Gasteiger partial charge in [0.15, 0.2) is 0 Å². The van der Waals surface area contributed by atoms with E-state index in [4.69, 9.17) is 17.4 Å². The maximum absolute atomic E-state index is 13.2. The van der Waals surface area contributed by atoms with Gasteiger partial charge in [-0.25, -0.2) is 4.79 Å². The highest BCUT2D eigenvalue weighted by atomic mass is 32.1. The van der Waals surface area contributed by atoms with Crippen LogP contribution in [0, 0.1) is 5.92 Å². The van der Waals surface area contributed by atoms with Crippen molar-refractivity contribution in [3.05, 3.63) is 108 Å². The third-order valence-electron chi connectivity index (χ3n) is 7.24. The Morgan fingerprint density at radius 1 is 0.850 bits per heavy atom. The lowest BCUT2D eigenvalue weighted by molar-refractivity contribution is -0.141. The standard InChI is InChI=1S/C33H42N2O4S/c1-6-23(2)28(30(36)37)35-29(40)27(34-31(38)39-32(3,4)5)22-33(24-16-10-7-11-17-24,25-18-12-8-13-19-25)26-20-14-9-15-21-26/h7-21,23,27-29,35,40H,6,22H2,1-5H3,(H,34,38)(H,36,37)/t23?,27?,28-,29?/m0/s1. The lowest BCUT2D eigenvalue weighted by Gasteiger charge is -2.41. The largest absolute Gasteiger partial charge is 0.480 e. The molecular formula is C33H42N2O4S. The number of rotatable bonds is 12. The van der Waals surface area contributed by atoms with E-state index < -0.39 is 40.5 Å². The third-order valence-corrected chi connectivity index (χ3v) is 7.75. The van der Waals surface area contributed by atoms with Crippen molar-refractivity contribution in [3.8, 4) is 0 Å². The second-order valence-electron chi connectivity index (χ2n) is 11.3. The molecule has 214 valence electrons. The Morgan fingerprint density at radius 2 is 1.27 bits per heavy atom. The molecule has 0 heterocycles. The maximum Gasteiger partial charge on any atom is 0.407 e. The first-order valence-corrected chi connectivity index (χ1v) is 14.3. The molecule has 1 amide bonds. The first-order valence-electron chi connectivity index (χ1n) is 13.8. The number of carboxylic acids is 1. The van der Waals surface area contributed by atoms with Crippen molar-refractivity contribution < 1.29 is 19.4 Å². The van der Waals surface area contributed by atoms with E-state index in [9.17, 15) is 14.7 Å². The van der Waals surface area contributed by atoms with Crippen molar-refractivity contribution in [1.29, 1.82) is 0 Å². The number of carboxylic acid groups (broad SMARTS) is 1. The number of amides is 1. The minimum absolute atomic E-state index is 0.142. The van der Waals surface area contributed by atoms with Gasteiger partial charge in [0.1, 0.15) is 11.6 Å². The molecule has 0 spiro atoms. The van der Waals surface area contributed by atoms with E-state index in [0.29, 0.717) is 12.8 Å². The molecule has 0 saturated carbocycles. The lowest BCUT2D eigenvalue weighted by Crippen LogP contribution is -2.56. The summed E-state index contributed by atoms with van der Waals surface area (Å²) in [6.07, 6.45) is 0.478. The number of aliphatic carboxylic acids is 1. The molecule has 7 heteroatoms. The summed E-state index contributed by atoms with van der Waals surface area (Å²) in [6, 6.07) is 29.0. The van der Waals surface area contributed by atoms with Crippen LogP contribution in [-0.4, -0.2) is 40.2 Å². The number of hydrogen-bond acceptors (Lipinski definition) is 5. The Hall–Kier alpha value is -3.29. The van der Waals surface area contributed by atoms with E-state index in [1.165, 1.54) is 0 Å². The van der Waals surface area contributed by atoms with Gasteiger partial charge in [0.25, 0.3) is 0 Å². The Bertz CT molecular complexity index is 1120. The quantitative estimate of drug-likeness (QED) is 0.113. The van der Waals surface area contributed by atoms with Gasteiger partial charge in [-0.2, -0.15) is 12.6 Å². The summed E-state index contributed by atoms with van der Waals surface area (Å²) in [5.41, 5.74) is 1.73. The number of carbonyl (C=O) groups excluding carboxylic acids is 1. The van der Waals surface area contributed by atoms with Crippen molar-refractivity contribution in [1.82, 2.24) is 10.6 Å². The minimum atomic E-state index is -0.954. The van der Waals surface area contributed by atoms with E-state index in [1.807, 2.05) is 89.2 Å². The van der Waals surface area contributed by atoms with Gasteiger partial charge in [0, 0.05) is 5.41 Å². The van der Waals surface area contributed by atoms with Crippen LogP contribution in [0.25, 0.3) is 0 Å². The zero-order valence-electron chi connectivity index (χ0n) is 24.0. The zero-order chi connectivity index (χ0) is 29.3. The fraction of sp³-hybridized carbons (Fsp3) is 0.394. The van der Waals surface area contributed by atoms with E-state index >= 15 is 0 Å². The van der Waals surface area contributed by atoms with Gasteiger partial charge < -0.3 is 15.2 Å². The number of alkyl carbamates (subject to hydrolysis) is 1. The molecular weight excluding hydrogens is 520 g/mol. The van der Waals surface area contributed by atoms with E-state index in [2.05, 4.69) is 47.0 Å². The highest BCUT2D eigenvalue weighted by Crippen LogP contribution is 2.43. The highest BCUT2D eigenvalue weighted by molar-refractivity contribution is 7.81. The van der Waals surface area contributed by atoms with Gasteiger partial charge in [-0.3, -0.25) is 10.1 Å². The van der Waals surface area contributed by atoms with E-state index in [0.717, 1.165) is 16.7 Å². The fourth-order valence-electron chi connectivity index (χ4n) is 5.07. The van der Waals surface area contributed by atoms with Crippen molar-refractivity contribution in [2.45, 2.75) is 75.9 Å². The number of benzene rings is 3. The maximum atomic E-state index is 13.2. The molecule has 0 fully saturated rings. The Morgan fingerprint density at radius 3 is 1.62 bits per heavy atom. The Labute approximate surface area is 244 Å². The molecule has 3 aromatic rings. The lowest BCUT2D eigenvalue weighted by atomic mass is 9.66. The minimum Gasteiger partial charge on any atom is -0.480 e. The van der Waals surface area contributed by atoms with Crippen LogP contribution in [0.2, 0.25) is 0 Å². The van der Waals surface area contributed by atoms with Gasteiger partial charge in [-0.05, 0) is 49.8 Å². The molecule has 0 aliphatic rings. The van der Waals surface area contributed by atoms with Gasteiger partial charge in [-0.15, -0.1) is 0 Å². The summed E-state index contributed by atoms with van der Waals surface area (Å²) in [6.45, 7) is 9.28. The van der Waals surface area contributed by atoms with Crippen LogP contribution in [0.5, 0.6) is 0 Å². The van der Waals surface area contributed by atoms with Crippen molar-refractivity contribution in [3.63, 3.8) is 0 Å². The summed E-state index contributed by atoms with van der Waals surface area (Å²) < 4.78 is 5.64. The molecule has 0 aromatic heterocycles. The topological polar surface area (TPSA) is 87.7 Å². The molecule has 0 radical (unpaired) electrons. The van der Waals surface area contributed by atoms with Crippen molar-refractivity contribution >= 4 is 24.7 Å². The SMILES string of the molecule is CCC(C)[C@H](NC(S)C(CC(c1ccccc1)(c1ccccc1)c1ccccc1)NC(=O)OC(C)(C)C)C(=O)O. The van der Waals surface area contributed by atoms with Gasteiger partial charge in [0.05, 0.1) is 11.4 Å². The first-order chi connectivity index (χ1) is 19.0. The van der Waals surface area contributed by atoms with Gasteiger partial charge in [0.2, 0.25) is 0 Å². The predicted octanol–water partition coefficient (Wildman–Crippen LogP) is 6.65. The van der Waals surface area contributed by atoms with Crippen LogP contribution in [0.4, 0.5) is 4.79 Å². The number of carbonyl (C=O) groups is 2. The second kappa shape index (κ2) is 13.9. The molecule has 6 nitrogen and oxygen atoms in total. The van der Waals surface area contributed by atoms with Crippen LogP contribution in [0.1, 0.15) is 64.2 Å². The third kappa shape index (κ3) is 7.89. The number of ether oxygens (including phenoxy) is 1. The molecule has 40 heavy (non-hydrogen) atoms. The smallest absolute Gasteiger partial charge is 0.407 e. The van der Waals surface area contributed by atoms with Crippen LogP contribution in [-0.2, 0) is 14.9 Å². The summed E-state index contributed by atoms with van der Waals surface area (Å²) >= 11 is 4.88. The fourth-order valence-corrected chi connectivity index (χ4v) is 5.41. The zero-order valence-corrected chi connectivity index (χ0v) is 24.9. The molecule has 0 saturated heterocycles. The van der Waals surface area contributed by atoms with Crippen LogP contribution in [0.3, 0.4) is 0 Å². The molecule has 0 aliphatic heterocycles. The van der Waals surface area contributed by atoms with Crippen molar-refractivity contribution in [2.24, 2.45) is 5.92 Å². The number of nitrogens with one attached hydrogen (secondary N) is 2. The summed E-state index contributed by atoms with van der Waals surface area (Å²) in [5.74, 6) is -1.10. The second-order valence-corrected chi connectivity index (χ2v) is 11.8. The monoisotopic (exact) mass is 562 g/mol. The molecule has 3 aromatic carbocycles. The Kier molecular flexibility index (Phi) is 10.8. The summed E-state index contributed by atoms with van der Waals surface area (Å²) in [7, 11) is 0. The van der Waals surface area contributed by atoms with Crippen molar-refractivity contribution in [2.75, 3.05) is 0 Å². The summed E-state index contributed by atoms with van der Waals surface area (Å²) in [5, 5.41) is 15.6. The average molecular weight is 563 g/mol. The van der Waals surface area contributed by atoms with Crippen LogP contribution < -0.4 is 10.6 Å². The molecule has 0 aliphatic carbocycles. The van der Waals surface area contributed by atoms with Crippen LogP contribution in [0.15, 0.2) is 91.0 Å². The first kappa shape index (κ1) is 31.2. The predicted molar refractivity (Wildman–Crippen MR) is 164 cm³/mol. The number of hydrogen-bond donors (Lipinski definition) is 4. The summed E-state index contributed by atoms with van der Waals surface area (Å²) in [4.78, 5) is 25.4. The van der Waals surface area contributed by atoms with Gasteiger partial charge in [-0.1, -0.05) is 111 Å². The molecule has 4 atom stereocenters. The molecule has 3 N–H and O–H groups in total. The normalized spacial score (nSPS) is 14.9. The highest BCUT2D eigenvalue weighted by Gasteiger charge is 2.41. The van der Waals surface area contributed by atoms with Gasteiger partial charge >= 0.3 is 12.1 Å². The number of thiol groups is 1. The van der Waals surface area contributed by atoms with E-state index in [-0.39, 0.29) is 5.92 Å². The molecule has 3 unspecified atom stereocenters. The average Bonchev–Trinajstić information content (AvgIpc) is 2.93. The van der Waals surface area contributed by atoms with Crippen LogP contribution >= 0.6 is 12.6 Å².